The van der Waals surface area contributed by atoms with Gasteiger partial charge in [-0.2, -0.15) is 4.98 Å². The van der Waals surface area contributed by atoms with Crippen LogP contribution in [0.3, 0.4) is 0 Å². The van der Waals surface area contributed by atoms with Crippen molar-refractivity contribution in [2.75, 3.05) is 5.32 Å². The van der Waals surface area contributed by atoms with E-state index < -0.39 is 0 Å². The second kappa shape index (κ2) is 5.95. The van der Waals surface area contributed by atoms with E-state index in [9.17, 15) is 4.39 Å². The van der Waals surface area contributed by atoms with Crippen molar-refractivity contribution in [3.8, 4) is 17.4 Å². The maximum Gasteiger partial charge on any atom is 0.322 e. The van der Waals surface area contributed by atoms with Crippen LogP contribution in [-0.2, 0) is 13.6 Å². The Bertz CT molecular complexity index is 856. The van der Waals surface area contributed by atoms with Gasteiger partial charge in [-0.3, -0.25) is 0 Å². The summed E-state index contributed by atoms with van der Waals surface area (Å²) in [5.41, 5.74) is 0.477. The van der Waals surface area contributed by atoms with E-state index in [1.807, 2.05) is 7.05 Å². The number of rotatable bonds is 6. The number of hydrogen-bond acceptors (Lipinski definition) is 6. The zero-order valence-corrected chi connectivity index (χ0v) is 13.1. The molecule has 0 amide bonds. The van der Waals surface area contributed by atoms with Gasteiger partial charge in [0, 0.05) is 31.5 Å². The van der Waals surface area contributed by atoms with Crippen molar-refractivity contribution in [3.63, 3.8) is 0 Å². The summed E-state index contributed by atoms with van der Waals surface area (Å²) in [6.45, 7) is 0.218. The van der Waals surface area contributed by atoms with E-state index in [-0.39, 0.29) is 30.2 Å². The van der Waals surface area contributed by atoms with Crippen molar-refractivity contribution in [2.45, 2.75) is 25.5 Å². The molecule has 0 radical (unpaired) electrons. The molecule has 0 atom stereocenters. The first-order chi connectivity index (χ1) is 11.7. The highest BCUT2D eigenvalue weighted by Gasteiger charge is 2.25. The Kier molecular flexibility index (Phi) is 3.64. The van der Waals surface area contributed by atoms with Crippen LogP contribution in [0.1, 0.15) is 18.4 Å². The van der Waals surface area contributed by atoms with E-state index in [0.717, 1.165) is 12.8 Å². The van der Waals surface area contributed by atoms with E-state index in [4.69, 9.17) is 9.26 Å². The third-order valence-electron chi connectivity index (χ3n) is 3.74. The van der Waals surface area contributed by atoms with Gasteiger partial charge in [-0.25, -0.2) is 9.37 Å². The summed E-state index contributed by atoms with van der Waals surface area (Å²) in [7, 11) is 1.84. The maximum atomic E-state index is 14.4. The quantitative estimate of drug-likeness (QED) is 0.749. The maximum absolute atomic E-state index is 14.4. The zero-order chi connectivity index (χ0) is 16.5. The molecule has 8 heteroatoms. The van der Waals surface area contributed by atoms with Gasteiger partial charge in [-0.15, -0.1) is 0 Å². The third-order valence-corrected chi connectivity index (χ3v) is 3.74. The van der Waals surface area contributed by atoms with Gasteiger partial charge in [0.1, 0.15) is 0 Å². The lowest BCUT2D eigenvalue weighted by atomic mass is 10.2. The van der Waals surface area contributed by atoms with Gasteiger partial charge < -0.3 is 19.1 Å². The van der Waals surface area contributed by atoms with Crippen molar-refractivity contribution in [1.29, 1.82) is 0 Å². The molecule has 1 saturated carbocycles. The molecule has 1 N–H and O–H groups in total. The summed E-state index contributed by atoms with van der Waals surface area (Å²) in [6.07, 6.45) is 5.57. The number of benzene rings is 1. The Balaban J connectivity index is 1.45. The van der Waals surface area contributed by atoms with Crippen LogP contribution in [0, 0.1) is 5.82 Å². The largest absolute Gasteiger partial charge is 0.487 e. The molecule has 1 aliphatic carbocycles. The van der Waals surface area contributed by atoms with Crippen molar-refractivity contribution in [1.82, 2.24) is 19.7 Å². The number of ether oxygens (including phenoxy) is 1. The first-order valence-electron chi connectivity index (χ1n) is 7.70. The van der Waals surface area contributed by atoms with Crippen LogP contribution in [-0.4, -0.2) is 25.8 Å². The van der Waals surface area contributed by atoms with Crippen molar-refractivity contribution < 1.29 is 13.7 Å². The SMILES string of the molecule is Cn1ccnc1-c1noc(NCc2cccc(OC3CC3)c2F)n1. The fourth-order valence-electron chi connectivity index (χ4n) is 2.29. The fourth-order valence-corrected chi connectivity index (χ4v) is 2.29. The van der Waals surface area contributed by atoms with Crippen LogP contribution in [0.4, 0.5) is 10.4 Å². The minimum atomic E-state index is -0.360. The van der Waals surface area contributed by atoms with Crippen molar-refractivity contribution in [2.24, 2.45) is 7.05 Å². The molecular weight excluding hydrogens is 313 g/mol. The lowest BCUT2D eigenvalue weighted by Crippen LogP contribution is -2.05. The van der Waals surface area contributed by atoms with Crippen LogP contribution in [0.15, 0.2) is 35.1 Å². The topological polar surface area (TPSA) is 78.0 Å². The highest BCUT2D eigenvalue weighted by Crippen LogP contribution is 2.30. The number of nitrogens with one attached hydrogen (secondary N) is 1. The molecule has 1 fully saturated rings. The summed E-state index contributed by atoms with van der Waals surface area (Å²) < 4.78 is 26.9. The van der Waals surface area contributed by atoms with Gasteiger partial charge in [0.15, 0.2) is 17.4 Å². The predicted molar refractivity (Wildman–Crippen MR) is 83.9 cm³/mol. The molecule has 124 valence electrons. The number of anilines is 1. The molecule has 0 unspecified atom stereocenters. The van der Waals surface area contributed by atoms with Crippen molar-refractivity contribution >= 4 is 6.01 Å². The fraction of sp³-hybridized carbons (Fsp3) is 0.312. The molecule has 0 saturated heterocycles. The molecule has 0 spiro atoms. The highest BCUT2D eigenvalue weighted by atomic mass is 19.1. The summed E-state index contributed by atoms with van der Waals surface area (Å²) in [6, 6.07) is 5.31. The summed E-state index contributed by atoms with van der Waals surface area (Å²) in [5, 5.41) is 6.80. The third kappa shape index (κ3) is 2.94. The normalized spacial score (nSPS) is 13.9. The average molecular weight is 329 g/mol. The Morgan fingerprint density at radius 2 is 2.29 bits per heavy atom. The highest BCUT2D eigenvalue weighted by molar-refractivity contribution is 5.45. The Morgan fingerprint density at radius 1 is 1.42 bits per heavy atom. The number of hydrogen-bond donors (Lipinski definition) is 1. The van der Waals surface area contributed by atoms with Gasteiger partial charge in [-0.1, -0.05) is 17.3 Å². The minimum Gasteiger partial charge on any atom is -0.487 e. The number of imidazole rings is 1. The van der Waals surface area contributed by atoms with Crippen LogP contribution in [0.25, 0.3) is 11.6 Å². The van der Waals surface area contributed by atoms with E-state index in [1.165, 1.54) is 0 Å². The van der Waals surface area contributed by atoms with Crippen LogP contribution >= 0.6 is 0 Å². The van der Waals surface area contributed by atoms with E-state index in [1.54, 1.807) is 35.2 Å². The second-order valence-electron chi connectivity index (χ2n) is 5.68. The van der Waals surface area contributed by atoms with E-state index in [0.29, 0.717) is 17.2 Å². The monoisotopic (exact) mass is 329 g/mol. The van der Waals surface area contributed by atoms with Gasteiger partial charge in [0.25, 0.3) is 0 Å². The molecule has 2 aromatic heterocycles. The van der Waals surface area contributed by atoms with E-state index >= 15 is 0 Å². The molecule has 7 nitrogen and oxygen atoms in total. The van der Waals surface area contributed by atoms with Gasteiger partial charge >= 0.3 is 6.01 Å². The number of nitrogens with zero attached hydrogens (tertiary/aromatic N) is 4. The predicted octanol–water partition coefficient (Wildman–Crippen LogP) is 2.76. The molecule has 24 heavy (non-hydrogen) atoms. The Morgan fingerprint density at radius 3 is 3.04 bits per heavy atom. The second-order valence-corrected chi connectivity index (χ2v) is 5.68. The number of halogens is 1. The Labute approximate surface area is 137 Å². The molecule has 4 rings (SSSR count). The van der Waals surface area contributed by atoms with Crippen LogP contribution < -0.4 is 10.1 Å². The standard InChI is InChI=1S/C16H16FN5O2/c1-22-8-7-18-15(22)14-20-16(24-21-14)19-9-10-3-2-4-12(13(10)17)23-11-5-6-11/h2-4,7-8,11H,5-6,9H2,1H3,(H,19,20,21). The van der Waals surface area contributed by atoms with Gasteiger partial charge in [0.05, 0.1) is 6.10 Å². The molecule has 1 aromatic carbocycles. The number of aromatic nitrogens is 4. The van der Waals surface area contributed by atoms with Crippen molar-refractivity contribution in [3.05, 3.63) is 42.0 Å². The smallest absolute Gasteiger partial charge is 0.322 e. The molecule has 0 aliphatic heterocycles. The van der Waals surface area contributed by atoms with E-state index in [2.05, 4.69) is 20.4 Å². The molecular formula is C16H16FN5O2. The number of aryl methyl sites for hydroxylation is 1. The Hall–Kier alpha value is -2.90. The summed E-state index contributed by atoms with van der Waals surface area (Å²) >= 11 is 0. The van der Waals surface area contributed by atoms with Crippen LogP contribution in [0.5, 0.6) is 5.75 Å². The first kappa shape index (κ1) is 14.7. The molecule has 1 aliphatic rings. The minimum absolute atomic E-state index is 0.152. The lowest BCUT2D eigenvalue weighted by Gasteiger charge is -2.09. The van der Waals surface area contributed by atoms with Gasteiger partial charge in [0.2, 0.25) is 5.82 Å². The lowest BCUT2D eigenvalue weighted by molar-refractivity contribution is 0.286. The average Bonchev–Trinajstić information content (AvgIpc) is 3.09. The summed E-state index contributed by atoms with van der Waals surface area (Å²) in [4.78, 5) is 8.36. The first-order valence-corrected chi connectivity index (χ1v) is 7.70. The molecule has 3 aromatic rings. The van der Waals surface area contributed by atoms with Crippen LogP contribution in [0.2, 0.25) is 0 Å². The molecule has 0 bridgehead atoms. The van der Waals surface area contributed by atoms with Gasteiger partial charge in [-0.05, 0) is 18.9 Å². The summed E-state index contributed by atoms with van der Waals surface area (Å²) in [5.74, 6) is 0.894. The molecule has 2 heterocycles. The zero-order valence-electron chi connectivity index (χ0n) is 13.1.